The summed E-state index contributed by atoms with van der Waals surface area (Å²) in [4.78, 5) is 43.7. The largest absolute Gasteiger partial charge is 0.496 e. The van der Waals surface area contributed by atoms with Gasteiger partial charge >= 0.3 is 5.69 Å². The minimum atomic E-state index is -0.612. The number of hydrogen-bond acceptors (Lipinski definition) is 5. The molecule has 11 heteroatoms. The first-order valence-corrected chi connectivity index (χ1v) is 13.5. The van der Waals surface area contributed by atoms with E-state index in [9.17, 15) is 14.4 Å². The van der Waals surface area contributed by atoms with Gasteiger partial charge in [-0.25, -0.2) is 9.36 Å². The number of nitrogens with two attached hydrogens (primary N) is 1. The van der Waals surface area contributed by atoms with E-state index in [0.717, 1.165) is 15.7 Å². The van der Waals surface area contributed by atoms with Gasteiger partial charge in [-0.3, -0.25) is 19.1 Å². The van der Waals surface area contributed by atoms with Gasteiger partial charge < -0.3 is 10.5 Å². The summed E-state index contributed by atoms with van der Waals surface area (Å²) in [5.41, 5.74) is 8.20. The Hall–Kier alpha value is -4.11. The summed E-state index contributed by atoms with van der Waals surface area (Å²) in [6.45, 7) is 2.00. The van der Waals surface area contributed by atoms with Crippen LogP contribution in [0.2, 0.25) is 15.1 Å². The lowest BCUT2D eigenvalue weighted by Crippen LogP contribution is -2.39. The number of primary amides is 1. The zero-order valence-corrected chi connectivity index (χ0v) is 24.2. The summed E-state index contributed by atoms with van der Waals surface area (Å²) in [5.74, 6) is -0.268. The number of fused-ring (bicyclic) bond motifs is 1. The van der Waals surface area contributed by atoms with E-state index in [-0.39, 0.29) is 34.8 Å². The van der Waals surface area contributed by atoms with Crippen LogP contribution in [0.3, 0.4) is 0 Å². The Morgan fingerprint density at radius 1 is 0.976 bits per heavy atom. The van der Waals surface area contributed by atoms with Crippen LogP contribution in [0.15, 0.2) is 76.6 Å². The number of carbonyl (C=O) groups excluding carboxylic acids is 1. The molecule has 5 aromatic rings. The normalized spacial score (nSPS) is 11.1. The molecule has 0 aliphatic carbocycles. The molecule has 2 N–H and O–H groups in total. The molecule has 0 unspecified atom stereocenters. The van der Waals surface area contributed by atoms with E-state index in [1.807, 2.05) is 13.0 Å². The van der Waals surface area contributed by atoms with Crippen LogP contribution in [0, 0.1) is 6.92 Å². The van der Waals surface area contributed by atoms with Crippen LogP contribution in [0.25, 0.3) is 27.7 Å². The molecule has 0 radical (unpaired) electrons. The minimum Gasteiger partial charge on any atom is -0.496 e. The maximum atomic E-state index is 14.1. The van der Waals surface area contributed by atoms with E-state index < -0.39 is 17.2 Å². The van der Waals surface area contributed by atoms with Crippen molar-refractivity contribution in [2.24, 2.45) is 5.73 Å². The van der Waals surface area contributed by atoms with Crippen LogP contribution in [-0.4, -0.2) is 27.1 Å². The van der Waals surface area contributed by atoms with Gasteiger partial charge in [-0.2, -0.15) is 0 Å². The number of nitrogens with zero attached hydrogens (tertiary/aromatic N) is 3. The molecule has 0 spiro atoms. The summed E-state index contributed by atoms with van der Waals surface area (Å²) < 4.78 is 8.19. The highest BCUT2D eigenvalue weighted by Crippen LogP contribution is 2.35. The highest BCUT2D eigenvalue weighted by molar-refractivity contribution is 6.33. The monoisotopic (exact) mass is 608 g/mol. The zero-order chi connectivity index (χ0) is 29.4. The van der Waals surface area contributed by atoms with Crippen molar-refractivity contribution >= 4 is 51.6 Å². The molecule has 8 nitrogen and oxygen atoms in total. The van der Waals surface area contributed by atoms with E-state index >= 15 is 0 Å². The number of halogens is 3. The van der Waals surface area contributed by atoms with E-state index in [4.69, 9.17) is 45.3 Å². The standard InChI is InChI=1S/C30H23Cl3N4O4/c1-16-3-5-20(31)9-19(16)15-36-25-10-18(23-7-17(8-27(34)38)4-6-24(23)33)11-26(41-2)28(25)29(39)37(30(36)40)22-12-21(32)13-35-14-22/h3-7,9-14H,8,15H2,1-2H3,(H2,34,38). The third kappa shape index (κ3) is 5.59. The van der Waals surface area contributed by atoms with Crippen molar-refractivity contribution in [3.05, 3.63) is 120 Å². The number of aryl methyl sites for hydroxylation is 1. The van der Waals surface area contributed by atoms with Crippen LogP contribution in [0.4, 0.5) is 0 Å². The Balaban J connectivity index is 1.88. The molecular formula is C30H23Cl3N4O4. The highest BCUT2D eigenvalue weighted by Gasteiger charge is 2.21. The lowest BCUT2D eigenvalue weighted by molar-refractivity contribution is -0.117. The maximum Gasteiger partial charge on any atom is 0.336 e. The number of amides is 1. The van der Waals surface area contributed by atoms with E-state index in [1.165, 1.54) is 30.1 Å². The van der Waals surface area contributed by atoms with Crippen molar-refractivity contribution in [1.82, 2.24) is 14.1 Å². The molecule has 0 atom stereocenters. The Morgan fingerprint density at radius 3 is 2.46 bits per heavy atom. The van der Waals surface area contributed by atoms with Gasteiger partial charge in [-0.15, -0.1) is 0 Å². The summed E-state index contributed by atoms with van der Waals surface area (Å²) in [5, 5.41) is 1.34. The molecule has 0 fully saturated rings. The van der Waals surface area contributed by atoms with Gasteiger partial charge in [0.15, 0.2) is 0 Å². The maximum absolute atomic E-state index is 14.1. The molecule has 5 rings (SSSR count). The lowest BCUT2D eigenvalue weighted by atomic mass is 9.99. The molecule has 208 valence electrons. The van der Waals surface area contributed by atoms with Gasteiger partial charge in [0.25, 0.3) is 5.56 Å². The highest BCUT2D eigenvalue weighted by atomic mass is 35.5. The Morgan fingerprint density at radius 2 is 1.76 bits per heavy atom. The SMILES string of the molecule is COc1cc(-c2cc(CC(N)=O)ccc2Cl)cc2c1c(=O)n(-c1cncc(Cl)c1)c(=O)n2Cc1cc(Cl)ccc1C. The van der Waals surface area contributed by atoms with Crippen LogP contribution in [0.1, 0.15) is 16.7 Å². The Bertz CT molecular complexity index is 1970. The molecule has 0 aliphatic rings. The second-order valence-corrected chi connectivity index (χ2v) is 10.8. The van der Waals surface area contributed by atoms with Crippen molar-refractivity contribution < 1.29 is 9.53 Å². The number of benzene rings is 3. The first-order chi connectivity index (χ1) is 19.6. The number of rotatable bonds is 7. The lowest BCUT2D eigenvalue weighted by Gasteiger charge is -2.18. The topological polar surface area (TPSA) is 109 Å². The number of carbonyl (C=O) groups is 1. The molecule has 41 heavy (non-hydrogen) atoms. The number of ether oxygens (including phenoxy) is 1. The predicted octanol–water partition coefficient (Wildman–Crippen LogP) is 5.57. The average Bonchev–Trinajstić information content (AvgIpc) is 2.93. The average molecular weight is 610 g/mol. The Labute approximate surface area is 249 Å². The molecule has 2 aromatic heterocycles. The van der Waals surface area contributed by atoms with Crippen molar-refractivity contribution in [3.8, 4) is 22.6 Å². The molecule has 1 amide bonds. The fraction of sp³-hybridized carbons (Fsp3) is 0.133. The molecule has 0 bridgehead atoms. The predicted molar refractivity (Wildman–Crippen MR) is 162 cm³/mol. The van der Waals surface area contributed by atoms with Gasteiger partial charge in [0.1, 0.15) is 11.1 Å². The summed E-state index contributed by atoms with van der Waals surface area (Å²) in [6.07, 6.45) is 2.82. The molecule has 0 aliphatic heterocycles. The molecule has 2 heterocycles. The number of methoxy groups -OCH3 is 1. The van der Waals surface area contributed by atoms with Crippen molar-refractivity contribution in [2.75, 3.05) is 7.11 Å². The number of aromatic nitrogens is 3. The first kappa shape index (κ1) is 28.4. The number of hydrogen-bond donors (Lipinski definition) is 1. The second kappa shape index (κ2) is 11.4. The van der Waals surface area contributed by atoms with Crippen molar-refractivity contribution in [1.29, 1.82) is 0 Å². The summed E-state index contributed by atoms with van der Waals surface area (Å²) >= 11 is 19.0. The van der Waals surface area contributed by atoms with E-state index in [1.54, 1.807) is 42.5 Å². The summed E-state index contributed by atoms with van der Waals surface area (Å²) in [6, 6.07) is 15.4. The second-order valence-electron chi connectivity index (χ2n) is 9.47. The van der Waals surface area contributed by atoms with Crippen molar-refractivity contribution in [3.63, 3.8) is 0 Å². The van der Waals surface area contributed by atoms with Gasteiger partial charge in [0, 0.05) is 21.8 Å². The van der Waals surface area contributed by atoms with Crippen LogP contribution >= 0.6 is 34.8 Å². The quantitative estimate of drug-likeness (QED) is 0.260. The zero-order valence-electron chi connectivity index (χ0n) is 22.0. The fourth-order valence-electron chi connectivity index (χ4n) is 4.76. The third-order valence-electron chi connectivity index (χ3n) is 6.74. The van der Waals surface area contributed by atoms with Gasteiger partial charge in [0.05, 0.1) is 42.5 Å². The van der Waals surface area contributed by atoms with Crippen molar-refractivity contribution in [2.45, 2.75) is 19.9 Å². The van der Waals surface area contributed by atoms with Crippen LogP contribution in [0.5, 0.6) is 5.75 Å². The van der Waals surface area contributed by atoms with E-state index in [0.29, 0.717) is 32.3 Å². The molecule has 0 saturated carbocycles. The molecule has 0 saturated heterocycles. The fourth-order valence-corrected chi connectivity index (χ4v) is 5.35. The van der Waals surface area contributed by atoms with E-state index in [2.05, 4.69) is 4.98 Å². The first-order valence-electron chi connectivity index (χ1n) is 12.4. The number of pyridine rings is 1. The third-order valence-corrected chi connectivity index (χ3v) is 7.51. The van der Waals surface area contributed by atoms with Gasteiger partial charge in [-0.05, 0) is 71.6 Å². The van der Waals surface area contributed by atoms with Gasteiger partial charge in [0.2, 0.25) is 5.91 Å². The Kier molecular flexibility index (Phi) is 7.91. The van der Waals surface area contributed by atoms with Crippen LogP contribution in [-0.2, 0) is 17.8 Å². The van der Waals surface area contributed by atoms with Gasteiger partial charge in [-0.1, -0.05) is 46.9 Å². The summed E-state index contributed by atoms with van der Waals surface area (Å²) in [7, 11) is 1.44. The molecule has 3 aromatic carbocycles. The minimum absolute atomic E-state index is 0.0199. The van der Waals surface area contributed by atoms with Crippen LogP contribution < -0.4 is 21.7 Å². The molecular weight excluding hydrogens is 587 g/mol. The smallest absolute Gasteiger partial charge is 0.336 e.